The molecule has 0 N–H and O–H groups in total. The molecule has 3 unspecified atom stereocenters. The van der Waals surface area contributed by atoms with Crippen molar-refractivity contribution in [2.45, 2.75) is 32.1 Å². The molecule has 0 amide bonds. The fraction of sp³-hybridized carbons (Fsp3) is 1.00. The van der Waals surface area contributed by atoms with Crippen LogP contribution < -0.4 is 0 Å². The Labute approximate surface area is 72.8 Å². The van der Waals surface area contributed by atoms with E-state index in [9.17, 15) is 0 Å². The molecule has 0 heterocycles. The first-order chi connectivity index (χ1) is 5.92. The molecule has 66 valence electrons. The molecule has 3 heteroatoms. The van der Waals surface area contributed by atoms with Gasteiger partial charge in [-0.25, -0.2) is 0 Å². The van der Waals surface area contributed by atoms with Crippen molar-refractivity contribution in [3.63, 3.8) is 0 Å². The van der Waals surface area contributed by atoms with Gasteiger partial charge < -0.3 is 0 Å². The van der Waals surface area contributed by atoms with E-state index in [4.69, 9.17) is 5.53 Å². The van der Waals surface area contributed by atoms with E-state index >= 15 is 0 Å². The Morgan fingerprint density at radius 1 is 1.33 bits per heavy atom. The minimum absolute atomic E-state index is 0.728. The lowest BCUT2D eigenvalue weighted by Crippen LogP contribution is -2.40. The van der Waals surface area contributed by atoms with E-state index in [1.165, 1.54) is 32.1 Å². The monoisotopic (exact) mass is 165 g/mol. The van der Waals surface area contributed by atoms with Crippen LogP contribution in [0.2, 0.25) is 0 Å². The lowest BCUT2D eigenvalue weighted by Gasteiger charge is -2.47. The van der Waals surface area contributed by atoms with Crippen LogP contribution in [-0.4, -0.2) is 6.54 Å². The SMILES string of the molecule is [N-]=[N+]=NCC1CC2CCCCC21. The Hall–Kier alpha value is -0.690. The first kappa shape index (κ1) is 7.93. The number of rotatable bonds is 2. The van der Waals surface area contributed by atoms with Gasteiger partial charge in [0.15, 0.2) is 0 Å². The third kappa shape index (κ3) is 1.29. The summed E-state index contributed by atoms with van der Waals surface area (Å²) in [5.74, 6) is 2.62. The van der Waals surface area contributed by atoms with E-state index in [0.29, 0.717) is 0 Å². The fourth-order valence-corrected chi connectivity index (χ4v) is 2.87. The van der Waals surface area contributed by atoms with Crippen molar-refractivity contribution in [1.29, 1.82) is 0 Å². The van der Waals surface area contributed by atoms with Gasteiger partial charge in [-0.15, -0.1) is 0 Å². The van der Waals surface area contributed by atoms with Crippen molar-refractivity contribution in [2.75, 3.05) is 6.54 Å². The van der Waals surface area contributed by atoms with E-state index in [0.717, 1.165) is 24.3 Å². The van der Waals surface area contributed by atoms with Gasteiger partial charge >= 0.3 is 0 Å². The highest BCUT2D eigenvalue weighted by molar-refractivity contribution is 4.92. The van der Waals surface area contributed by atoms with Crippen LogP contribution in [0, 0.1) is 17.8 Å². The minimum atomic E-state index is 0.728. The van der Waals surface area contributed by atoms with Crippen LogP contribution >= 0.6 is 0 Å². The summed E-state index contributed by atoms with van der Waals surface area (Å²) in [6.45, 7) is 0.748. The Bertz CT molecular complexity index is 208. The summed E-state index contributed by atoms with van der Waals surface area (Å²) in [7, 11) is 0. The van der Waals surface area contributed by atoms with E-state index in [1.807, 2.05) is 0 Å². The molecule has 0 aromatic rings. The Morgan fingerprint density at radius 2 is 2.17 bits per heavy atom. The summed E-state index contributed by atoms with van der Waals surface area (Å²) in [6.07, 6.45) is 6.96. The van der Waals surface area contributed by atoms with Crippen molar-refractivity contribution in [3.8, 4) is 0 Å². The average Bonchev–Trinajstić information content (AvgIpc) is 2.07. The maximum atomic E-state index is 8.19. The first-order valence-electron chi connectivity index (χ1n) is 4.92. The number of nitrogens with zero attached hydrogens (tertiary/aromatic N) is 3. The number of azide groups is 1. The summed E-state index contributed by atoms with van der Waals surface area (Å²) >= 11 is 0. The van der Waals surface area contributed by atoms with Gasteiger partial charge in [0.2, 0.25) is 0 Å². The van der Waals surface area contributed by atoms with Crippen molar-refractivity contribution >= 4 is 0 Å². The number of hydrogen-bond donors (Lipinski definition) is 0. The topological polar surface area (TPSA) is 48.8 Å². The van der Waals surface area contributed by atoms with E-state index < -0.39 is 0 Å². The van der Waals surface area contributed by atoms with Gasteiger partial charge in [0, 0.05) is 11.5 Å². The number of fused-ring (bicyclic) bond motifs is 1. The molecule has 0 bridgehead atoms. The molecule has 2 aliphatic rings. The number of hydrogen-bond acceptors (Lipinski definition) is 1. The van der Waals surface area contributed by atoms with Gasteiger partial charge in [-0.3, -0.25) is 0 Å². The van der Waals surface area contributed by atoms with Crippen LogP contribution in [-0.2, 0) is 0 Å². The third-order valence-corrected chi connectivity index (χ3v) is 3.56. The zero-order chi connectivity index (χ0) is 8.39. The molecular weight excluding hydrogens is 150 g/mol. The van der Waals surface area contributed by atoms with Gasteiger partial charge in [0.25, 0.3) is 0 Å². The second-order valence-corrected chi connectivity index (χ2v) is 4.12. The summed E-state index contributed by atoms with van der Waals surface area (Å²) < 4.78 is 0. The molecule has 3 nitrogen and oxygen atoms in total. The van der Waals surface area contributed by atoms with Crippen LogP contribution in [0.4, 0.5) is 0 Å². The average molecular weight is 165 g/mol. The predicted molar refractivity (Wildman–Crippen MR) is 47.6 cm³/mol. The summed E-state index contributed by atoms with van der Waals surface area (Å²) in [4.78, 5) is 2.82. The second-order valence-electron chi connectivity index (χ2n) is 4.12. The largest absolute Gasteiger partial charge is 0.0937 e. The standard InChI is InChI=1S/C9H15N3/c10-12-11-6-8-5-7-3-1-2-4-9(7)8/h7-9H,1-6H2. The summed E-state index contributed by atoms with van der Waals surface area (Å²) in [5, 5.41) is 3.67. The third-order valence-electron chi connectivity index (χ3n) is 3.56. The summed E-state index contributed by atoms with van der Waals surface area (Å²) in [6, 6.07) is 0. The molecule has 12 heavy (non-hydrogen) atoms. The van der Waals surface area contributed by atoms with Gasteiger partial charge in [-0.2, -0.15) is 0 Å². The molecule has 2 saturated carbocycles. The molecule has 0 radical (unpaired) electrons. The Morgan fingerprint density at radius 3 is 2.92 bits per heavy atom. The van der Waals surface area contributed by atoms with E-state index in [-0.39, 0.29) is 0 Å². The normalized spacial score (nSPS) is 39.2. The lowest BCUT2D eigenvalue weighted by molar-refractivity contribution is 0.0356. The predicted octanol–water partition coefficient (Wildman–Crippen LogP) is 3.12. The highest BCUT2D eigenvalue weighted by atomic mass is 15.1. The van der Waals surface area contributed by atoms with E-state index in [1.54, 1.807) is 0 Å². The molecule has 2 rings (SSSR count). The van der Waals surface area contributed by atoms with Gasteiger partial charge in [0.1, 0.15) is 0 Å². The van der Waals surface area contributed by atoms with Crippen molar-refractivity contribution in [3.05, 3.63) is 10.4 Å². The van der Waals surface area contributed by atoms with E-state index in [2.05, 4.69) is 10.0 Å². The summed E-state index contributed by atoms with van der Waals surface area (Å²) in [5.41, 5.74) is 8.19. The van der Waals surface area contributed by atoms with Crippen molar-refractivity contribution in [1.82, 2.24) is 0 Å². The van der Waals surface area contributed by atoms with Crippen molar-refractivity contribution < 1.29 is 0 Å². The van der Waals surface area contributed by atoms with Crippen LogP contribution in [0.1, 0.15) is 32.1 Å². The smallest absolute Gasteiger partial charge is 0.0289 e. The lowest BCUT2D eigenvalue weighted by atomic mass is 9.59. The zero-order valence-corrected chi connectivity index (χ0v) is 7.32. The Balaban J connectivity index is 1.84. The van der Waals surface area contributed by atoms with Crippen LogP contribution in [0.5, 0.6) is 0 Å². The van der Waals surface area contributed by atoms with Crippen LogP contribution in [0.3, 0.4) is 0 Å². The quantitative estimate of drug-likeness (QED) is 0.343. The molecule has 2 aliphatic carbocycles. The fourth-order valence-electron chi connectivity index (χ4n) is 2.87. The molecule has 0 aliphatic heterocycles. The highest BCUT2D eigenvalue weighted by Gasteiger charge is 2.40. The molecule has 0 aromatic carbocycles. The van der Waals surface area contributed by atoms with Gasteiger partial charge in [-0.1, -0.05) is 24.4 Å². The molecule has 2 fully saturated rings. The highest BCUT2D eigenvalue weighted by Crippen LogP contribution is 2.49. The molecular formula is C9H15N3. The second kappa shape index (κ2) is 3.36. The minimum Gasteiger partial charge on any atom is -0.0937 e. The molecule has 3 atom stereocenters. The van der Waals surface area contributed by atoms with Gasteiger partial charge in [0.05, 0.1) is 0 Å². The maximum absolute atomic E-state index is 8.19. The van der Waals surface area contributed by atoms with Crippen LogP contribution in [0.15, 0.2) is 5.11 Å². The maximum Gasteiger partial charge on any atom is 0.0289 e. The van der Waals surface area contributed by atoms with Gasteiger partial charge in [-0.05, 0) is 36.1 Å². The van der Waals surface area contributed by atoms with Crippen molar-refractivity contribution in [2.24, 2.45) is 22.9 Å². The first-order valence-corrected chi connectivity index (χ1v) is 4.92. The van der Waals surface area contributed by atoms with Crippen LogP contribution in [0.25, 0.3) is 10.4 Å². The Kier molecular flexibility index (Phi) is 2.22. The molecule has 0 aromatic heterocycles. The molecule has 0 saturated heterocycles. The zero-order valence-electron chi connectivity index (χ0n) is 7.32. The molecule has 0 spiro atoms.